The lowest BCUT2D eigenvalue weighted by Crippen LogP contribution is -2.31. The van der Waals surface area contributed by atoms with Gasteiger partial charge < -0.3 is 10.6 Å². The Morgan fingerprint density at radius 3 is 2.52 bits per heavy atom. The van der Waals surface area contributed by atoms with Gasteiger partial charge in [0.2, 0.25) is 10.0 Å². The van der Waals surface area contributed by atoms with Gasteiger partial charge in [-0.2, -0.15) is 0 Å². The molecule has 1 aliphatic carbocycles. The third-order valence-electron chi connectivity index (χ3n) is 5.29. The first-order valence-corrected chi connectivity index (χ1v) is 11.6. The zero-order valence-electron chi connectivity index (χ0n) is 16.9. The smallest absolute Gasteiger partial charge is 0.319 e. The van der Waals surface area contributed by atoms with Gasteiger partial charge >= 0.3 is 6.03 Å². The molecule has 1 aliphatic rings. The maximum atomic E-state index is 12.9. The highest BCUT2D eigenvalue weighted by atomic mass is 32.2. The second kappa shape index (κ2) is 9.28. The van der Waals surface area contributed by atoms with E-state index in [4.69, 9.17) is 0 Å². The summed E-state index contributed by atoms with van der Waals surface area (Å²) in [5, 5.41) is 5.45. The van der Waals surface area contributed by atoms with Gasteiger partial charge in [-0.1, -0.05) is 24.3 Å². The summed E-state index contributed by atoms with van der Waals surface area (Å²) >= 11 is 0. The summed E-state index contributed by atoms with van der Waals surface area (Å²) in [4.78, 5) is 16.2. The highest BCUT2D eigenvalue weighted by Gasteiger charge is 2.25. The van der Waals surface area contributed by atoms with Gasteiger partial charge in [0.05, 0.1) is 4.90 Å². The Balaban J connectivity index is 1.38. The van der Waals surface area contributed by atoms with Gasteiger partial charge in [0.1, 0.15) is 0 Å². The summed E-state index contributed by atoms with van der Waals surface area (Å²) in [7, 11) is -3.68. The largest absolute Gasteiger partial charge is 0.334 e. The SMILES string of the molecule is O=C(NCc1ccncc1)Nc1ccc(S(=O)(=O)NC2CCCc3ccccc32)cc1. The van der Waals surface area contributed by atoms with Crippen LogP contribution in [0, 0.1) is 0 Å². The van der Waals surface area contributed by atoms with Gasteiger partial charge in [0.15, 0.2) is 0 Å². The van der Waals surface area contributed by atoms with Gasteiger partial charge in [0, 0.05) is 30.7 Å². The van der Waals surface area contributed by atoms with Crippen molar-refractivity contribution in [3.8, 4) is 0 Å². The topological polar surface area (TPSA) is 100 Å². The lowest BCUT2D eigenvalue weighted by molar-refractivity contribution is 0.251. The molecule has 1 atom stereocenters. The summed E-state index contributed by atoms with van der Waals surface area (Å²) in [5.41, 5.74) is 3.68. The Hall–Kier alpha value is -3.23. The molecule has 0 fully saturated rings. The normalized spacial score (nSPS) is 15.7. The van der Waals surface area contributed by atoms with E-state index in [1.807, 2.05) is 30.3 Å². The summed E-state index contributed by atoms with van der Waals surface area (Å²) < 4.78 is 28.6. The molecule has 2 aromatic carbocycles. The number of nitrogens with one attached hydrogen (secondary N) is 3. The average Bonchev–Trinajstić information content (AvgIpc) is 2.79. The summed E-state index contributed by atoms with van der Waals surface area (Å²) in [6.07, 6.45) is 6.01. The van der Waals surface area contributed by atoms with Crippen molar-refractivity contribution in [3.05, 3.63) is 89.7 Å². The fourth-order valence-electron chi connectivity index (χ4n) is 3.71. The lowest BCUT2D eigenvalue weighted by Gasteiger charge is -2.26. The van der Waals surface area contributed by atoms with Crippen LogP contribution in [0.25, 0.3) is 0 Å². The fourth-order valence-corrected chi connectivity index (χ4v) is 4.96. The Bertz CT molecular complexity index is 1150. The van der Waals surface area contributed by atoms with Crippen molar-refractivity contribution in [2.45, 2.75) is 36.7 Å². The van der Waals surface area contributed by atoms with E-state index < -0.39 is 10.0 Å². The van der Waals surface area contributed by atoms with Crippen LogP contribution in [-0.4, -0.2) is 19.4 Å². The van der Waals surface area contributed by atoms with Crippen LogP contribution in [-0.2, 0) is 23.0 Å². The molecule has 2 amide bonds. The maximum absolute atomic E-state index is 12.9. The van der Waals surface area contributed by atoms with Crippen molar-refractivity contribution in [2.24, 2.45) is 0 Å². The molecule has 4 rings (SSSR count). The average molecular weight is 437 g/mol. The third-order valence-corrected chi connectivity index (χ3v) is 6.78. The van der Waals surface area contributed by atoms with Gasteiger partial charge in [-0.25, -0.2) is 17.9 Å². The number of hydrogen-bond donors (Lipinski definition) is 3. The number of urea groups is 1. The minimum Gasteiger partial charge on any atom is -0.334 e. The molecule has 1 unspecified atom stereocenters. The van der Waals surface area contributed by atoms with E-state index >= 15 is 0 Å². The van der Waals surface area contributed by atoms with E-state index in [1.54, 1.807) is 24.5 Å². The molecule has 31 heavy (non-hydrogen) atoms. The molecular weight excluding hydrogens is 412 g/mol. The molecule has 0 aliphatic heterocycles. The van der Waals surface area contributed by atoms with Crippen LogP contribution >= 0.6 is 0 Å². The molecule has 1 aromatic heterocycles. The Morgan fingerprint density at radius 1 is 1.00 bits per heavy atom. The van der Waals surface area contributed by atoms with Gasteiger partial charge in [0.25, 0.3) is 0 Å². The quantitative estimate of drug-likeness (QED) is 0.548. The van der Waals surface area contributed by atoms with E-state index in [9.17, 15) is 13.2 Å². The molecule has 3 N–H and O–H groups in total. The van der Waals surface area contributed by atoms with Gasteiger partial charge in [-0.3, -0.25) is 4.98 Å². The number of nitrogens with zero attached hydrogens (tertiary/aromatic N) is 1. The summed E-state index contributed by atoms with van der Waals surface area (Å²) in [6, 6.07) is 17.1. The molecule has 7 nitrogen and oxygen atoms in total. The second-order valence-electron chi connectivity index (χ2n) is 7.45. The van der Waals surface area contributed by atoms with Crippen LogP contribution in [0.15, 0.2) is 78.0 Å². The number of carbonyl (C=O) groups excluding carboxylic acids is 1. The van der Waals surface area contributed by atoms with Gasteiger partial charge in [-0.15, -0.1) is 0 Å². The monoisotopic (exact) mass is 436 g/mol. The first kappa shape index (κ1) is 21.0. The molecule has 0 radical (unpaired) electrons. The number of anilines is 1. The number of sulfonamides is 1. The van der Waals surface area contributed by atoms with Crippen molar-refractivity contribution >= 4 is 21.7 Å². The van der Waals surface area contributed by atoms with E-state index in [-0.39, 0.29) is 17.0 Å². The van der Waals surface area contributed by atoms with Crippen LogP contribution < -0.4 is 15.4 Å². The van der Waals surface area contributed by atoms with Crippen molar-refractivity contribution < 1.29 is 13.2 Å². The maximum Gasteiger partial charge on any atom is 0.319 e. The number of aryl methyl sites for hydroxylation is 1. The molecule has 3 aromatic rings. The van der Waals surface area contributed by atoms with E-state index in [1.165, 1.54) is 17.7 Å². The number of fused-ring (bicyclic) bond motifs is 1. The number of amides is 2. The predicted molar refractivity (Wildman–Crippen MR) is 119 cm³/mol. The molecule has 0 bridgehead atoms. The summed E-state index contributed by atoms with van der Waals surface area (Å²) in [6.45, 7) is 0.369. The number of carbonyl (C=O) groups is 1. The minimum absolute atomic E-state index is 0.165. The first-order chi connectivity index (χ1) is 15.0. The minimum atomic E-state index is -3.68. The second-order valence-corrected chi connectivity index (χ2v) is 9.17. The lowest BCUT2D eigenvalue weighted by atomic mass is 9.88. The van der Waals surface area contributed by atoms with Crippen molar-refractivity contribution in [1.82, 2.24) is 15.0 Å². The number of hydrogen-bond acceptors (Lipinski definition) is 4. The van der Waals surface area contributed by atoms with Crippen molar-refractivity contribution in [2.75, 3.05) is 5.32 Å². The molecule has 0 saturated heterocycles. The number of rotatable bonds is 6. The fraction of sp³-hybridized carbons (Fsp3) is 0.217. The van der Waals surface area contributed by atoms with Crippen molar-refractivity contribution in [3.63, 3.8) is 0 Å². The zero-order valence-corrected chi connectivity index (χ0v) is 17.7. The Kier molecular flexibility index (Phi) is 6.29. The molecule has 1 heterocycles. The predicted octanol–water partition coefficient (Wildman–Crippen LogP) is 3.76. The Morgan fingerprint density at radius 2 is 1.74 bits per heavy atom. The number of benzene rings is 2. The third kappa shape index (κ3) is 5.28. The Labute approximate surface area is 182 Å². The molecule has 160 valence electrons. The molecule has 0 spiro atoms. The van der Waals surface area contributed by atoms with Crippen LogP contribution in [0.5, 0.6) is 0 Å². The highest BCUT2D eigenvalue weighted by molar-refractivity contribution is 7.89. The van der Waals surface area contributed by atoms with E-state index in [0.717, 1.165) is 30.4 Å². The van der Waals surface area contributed by atoms with Crippen LogP contribution in [0.1, 0.15) is 35.6 Å². The molecular formula is C23H24N4O3S. The molecule has 0 saturated carbocycles. The van der Waals surface area contributed by atoms with Crippen LogP contribution in [0.2, 0.25) is 0 Å². The first-order valence-electron chi connectivity index (χ1n) is 10.2. The van der Waals surface area contributed by atoms with Crippen LogP contribution in [0.3, 0.4) is 0 Å². The highest BCUT2D eigenvalue weighted by Crippen LogP contribution is 2.30. The number of pyridine rings is 1. The summed E-state index contributed by atoms with van der Waals surface area (Å²) in [5.74, 6) is 0. The van der Waals surface area contributed by atoms with Crippen LogP contribution in [0.4, 0.5) is 10.5 Å². The van der Waals surface area contributed by atoms with Crippen molar-refractivity contribution in [1.29, 1.82) is 0 Å². The van der Waals surface area contributed by atoms with Gasteiger partial charge in [-0.05, 0) is 72.4 Å². The zero-order chi connectivity index (χ0) is 21.7. The molecule has 8 heteroatoms. The standard InChI is InChI=1S/C23H24N4O3S/c28-23(25-16-17-12-14-24-15-13-17)26-19-8-10-20(11-9-19)31(29,30)27-22-7-3-5-18-4-1-2-6-21(18)22/h1-2,4,6,8-15,22,27H,3,5,7,16H2,(H2,25,26,28). The number of aromatic nitrogens is 1. The van der Waals surface area contributed by atoms with E-state index in [2.05, 4.69) is 26.4 Å². The van der Waals surface area contributed by atoms with E-state index in [0.29, 0.717) is 12.2 Å².